The van der Waals surface area contributed by atoms with Crippen LogP contribution in [-0.2, 0) is 24.8 Å². The van der Waals surface area contributed by atoms with E-state index in [4.69, 9.17) is 11.6 Å². The van der Waals surface area contributed by atoms with E-state index in [2.05, 4.69) is 5.32 Å². The largest absolute Gasteiger partial charge is 0.325 e. The van der Waals surface area contributed by atoms with E-state index in [0.717, 1.165) is 12.8 Å². The molecule has 2 heterocycles. The monoisotopic (exact) mass is 492 g/mol. The zero-order valence-electron chi connectivity index (χ0n) is 17.6. The van der Waals surface area contributed by atoms with Crippen molar-refractivity contribution in [3.63, 3.8) is 0 Å². The summed E-state index contributed by atoms with van der Waals surface area (Å²) in [6, 6.07) is 4.34. The molecule has 1 aromatic carbocycles. The normalized spacial score (nSPS) is 19.5. The van der Waals surface area contributed by atoms with Gasteiger partial charge in [-0.25, -0.2) is 16.8 Å². The summed E-state index contributed by atoms with van der Waals surface area (Å²) in [6.45, 7) is 5.07. The molecule has 0 atom stereocenters. The van der Waals surface area contributed by atoms with Crippen molar-refractivity contribution in [3.05, 3.63) is 23.2 Å². The number of rotatable bonds is 8. The molecule has 1 N–H and O–H groups in total. The first kappa shape index (κ1) is 24.4. The third-order valence-electron chi connectivity index (χ3n) is 5.66. The molecule has 0 aromatic heterocycles. The van der Waals surface area contributed by atoms with Gasteiger partial charge in [0, 0.05) is 52.2 Å². The van der Waals surface area contributed by atoms with Gasteiger partial charge < -0.3 is 10.2 Å². The molecular formula is C19H29ClN4O5S2. The topological polar surface area (TPSA) is 107 Å². The molecule has 0 bridgehead atoms. The fourth-order valence-electron chi connectivity index (χ4n) is 3.72. The van der Waals surface area contributed by atoms with Crippen molar-refractivity contribution in [3.8, 4) is 0 Å². The third-order valence-corrected chi connectivity index (χ3v) is 9.77. The van der Waals surface area contributed by atoms with Crippen LogP contribution >= 0.6 is 11.6 Å². The predicted molar refractivity (Wildman–Crippen MR) is 120 cm³/mol. The van der Waals surface area contributed by atoms with Crippen LogP contribution in [0.15, 0.2) is 23.1 Å². The van der Waals surface area contributed by atoms with Crippen molar-refractivity contribution >= 4 is 43.2 Å². The average molecular weight is 493 g/mol. The highest BCUT2D eigenvalue weighted by molar-refractivity contribution is 7.89. The summed E-state index contributed by atoms with van der Waals surface area (Å²) < 4.78 is 52.3. The van der Waals surface area contributed by atoms with Crippen LogP contribution in [0.1, 0.15) is 26.2 Å². The lowest BCUT2D eigenvalue weighted by molar-refractivity contribution is -0.116. The molecular weight excluding hydrogens is 464 g/mol. The molecule has 2 aliphatic rings. The molecule has 2 saturated heterocycles. The first-order chi connectivity index (χ1) is 14.6. The molecule has 31 heavy (non-hydrogen) atoms. The minimum absolute atomic E-state index is 0.0860. The predicted octanol–water partition coefficient (Wildman–Crippen LogP) is 1.42. The maximum absolute atomic E-state index is 12.8. The van der Waals surface area contributed by atoms with Gasteiger partial charge in [0.05, 0.1) is 21.4 Å². The first-order valence-corrected chi connectivity index (χ1v) is 13.9. The van der Waals surface area contributed by atoms with Gasteiger partial charge in [-0.3, -0.25) is 4.79 Å². The summed E-state index contributed by atoms with van der Waals surface area (Å²) >= 11 is 6.18. The van der Waals surface area contributed by atoms with Gasteiger partial charge in [-0.2, -0.15) is 8.61 Å². The summed E-state index contributed by atoms with van der Waals surface area (Å²) in [6.07, 6.45) is 1.88. The van der Waals surface area contributed by atoms with E-state index in [1.165, 1.54) is 26.8 Å². The number of anilines is 1. The average Bonchev–Trinajstić information content (AvgIpc) is 3.30. The number of nitrogens with zero attached hydrogens (tertiary/aromatic N) is 3. The van der Waals surface area contributed by atoms with E-state index in [1.807, 2.05) is 4.90 Å². The van der Waals surface area contributed by atoms with Crippen LogP contribution in [0.25, 0.3) is 0 Å². The minimum Gasteiger partial charge on any atom is -0.325 e. The quantitative estimate of drug-likeness (QED) is 0.588. The van der Waals surface area contributed by atoms with Crippen molar-refractivity contribution in [1.29, 1.82) is 0 Å². The van der Waals surface area contributed by atoms with E-state index in [9.17, 15) is 21.6 Å². The van der Waals surface area contributed by atoms with Crippen molar-refractivity contribution < 1.29 is 21.6 Å². The highest BCUT2D eigenvalue weighted by Crippen LogP contribution is 2.28. The molecule has 2 aliphatic heterocycles. The van der Waals surface area contributed by atoms with Crippen LogP contribution in [0.5, 0.6) is 0 Å². The number of nitrogens with one attached hydrogen (secondary N) is 1. The highest BCUT2D eigenvalue weighted by Gasteiger charge is 2.28. The number of piperazine rings is 1. The summed E-state index contributed by atoms with van der Waals surface area (Å²) in [5.74, 6) is -0.191. The Bertz CT molecular complexity index is 1000. The number of hydrogen-bond donors (Lipinski definition) is 1. The Kier molecular flexibility index (Phi) is 7.98. The number of halogens is 1. The maximum Gasteiger partial charge on any atom is 0.243 e. The second-order valence-electron chi connectivity index (χ2n) is 7.69. The fraction of sp³-hybridized carbons (Fsp3) is 0.632. The lowest BCUT2D eigenvalue weighted by Crippen LogP contribution is -2.49. The first-order valence-electron chi connectivity index (χ1n) is 10.4. The van der Waals surface area contributed by atoms with Gasteiger partial charge in [-0.1, -0.05) is 11.6 Å². The molecule has 2 fully saturated rings. The number of amides is 1. The van der Waals surface area contributed by atoms with E-state index < -0.39 is 20.0 Å². The third kappa shape index (κ3) is 5.96. The highest BCUT2D eigenvalue weighted by atomic mass is 35.5. The van der Waals surface area contributed by atoms with Gasteiger partial charge in [0.25, 0.3) is 0 Å². The van der Waals surface area contributed by atoms with Gasteiger partial charge in [0.2, 0.25) is 26.0 Å². The molecule has 0 saturated carbocycles. The molecule has 3 rings (SSSR count). The SMILES string of the molecule is CCS(=O)(=O)N1CCN(CCC(=O)Nc2cc(S(=O)(=O)N3CCCC3)ccc2Cl)CC1. The summed E-state index contributed by atoms with van der Waals surface area (Å²) in [4.78, 5) is 14.6. The van der Waals surface area contributed by atoms with Crippen LogP contribution in [0, 0.1) is 0 Å². The van der Waals surface area contributed by atoms with E-state index >= 15 is 0 Å². The van der Waals surface area contributed by atoms with Crippen LogP contribution < -0.4 is 5.32 Å². The molecule has 0 radical (unpaired) electrons. The number of sulfonamides is 2. The molecule has 0 aliphatic carbocycles. The number of carbonyl (C=O) groups is 1. The van der Waals surface area contributed by atoms with Gasteiger partial charge in [-0.05, 0) is 38.0 Å². The maximum atomic E-state index is 12.8. The van der Waals surface area contributed by atoms with Crippen molar-refractivity contribution in [1.82, 2.24) is 13.5 Å². The zero-order chi connectivity index (χ0) is 22.6. The lowest BCUT2D eigenvalue weighted by atomic mass is 10.2. The summed E-state index contributed by atoms with van der Waals surface area (Å²) in [7, 11) is -6.79. The van der Waals surface area contributed by atoms with Crippen LogP contribution in [0.3, 0.4) is 0 Å². The van der Waals surface area contributed by atoms with Gasteiger partial charge in [-0.15, -0.1) is 0 Å². The summed E-state index contributed by atoms with van der Waals surface area (Å²) in [5.41, 5.74) is 0.269. The lowest BCUT2D eigenvalue weighted by Gasteiger charge is -2.33. The Hall–Kier alpha value is -1.24. The van der Waals surface area contributed by atoms with E-state index in [-0.39, 0.29) is 33.7 Å². The Morgan fingerprint density at radius 2 is 1.65 bits per heavy atom. The van der Waals surface area contributed by atoms with Gasteiger partial charge >= 0.3 is 0 Å². The fourth-order valence-corrected chi connectivity index (χ4v) is 6.52. The van der Waals surface area contributed by atoms with E-state index in [0.29, 0.717) is 45.8 Å². The Morgan fingerprint density at radius 1 is 1.00 bits per heavy atom. The van der Waals surface area contributed by atoms with Crippen molar-refractivity contribution in [2.45, 2.75) is 31.1 Å². The molecule has 0 unspecified atom stereocenters. The standard InChI is InChI=1S/C19H29ClN4O5S2/c1-2-30(26,27)23-13-11-22(12-14-23)10-7-19(25)21-18-15-16(5-6-17(18)20)31(28,29)24-8-3-4-9-24/h5-6,15H,2-4,7-14H2,1H3,(H,21,25). The molecule has 1 aromatic rings. The zero-order valence-corrected chi connectivity index (χ0v) is 20.0. The minimum atomic E-state index is -3.60. The molecule has 9 nitrogen and oxygen atoms in total. The Morgan fingerprint density at radius 3 is 2.26 bits per heavy atom. The van der Waals surface area contributed by atoms with Crippen molar-refractivity contribution in [2.24, 2.45) is 0 Å². The summed E-state index contributed by atoms with van der Waals surface area (Å²) in [5, 5.41) is 2.98. The molecule has 0 spiro atoms. The molecule has 12 heteroatoms. The molecule has 174 valence electrons. The second kappa shape index (κ2) is 10.1. The van der Waals surface area contributed by atoms with Gasteiger partial charge in [0.1, 0.15) is 0 Å². The second-order valence-corrected chi connectivity index (χ2v) is 12.3. The van der Waals surface area contributed by atoms with Gasteiger partial charge in [0.15, 0.2) is 0 Å². The Labute approximate surface area is 189 Å². The van der Waals surface area contributed by atoms with Crippen molar-refractivity contribution in [2.75, 3.05) is 56.9 Å². The van der Waals surface area contributed by atoms with Crippen LogP contribution in [0.2, 0.25) is 5.02 Å². The number of hydrogen-bond acceptors (Lipinski definition) is 6. The smallest absolute Gasteiger partial charge is 0.243 e. The van der Waals surface area contributed by atoms with Crippen LogP contribution in [-0.4, -0.2) is 87.8 Å². The molecule has 1 amide bonds. The number of carbonyl (C=O) groups excluding carboxylic acids is 1. The number of benzene rings is 1. The van der Waals surface area contributed by atoms with E-state index in [1.54, 1.807) is 6.92 Å². The van der Waals surface area contributed by atoms with Crippen LogP contribution in [0.4, 0.5) is 5.69 Å². The Balaban J connectivity index is 1.55.